The van der Waals surface area contributed by atoms with Crippen LogP contribution in [0.25, 0.3) is 22.1 Å². The molecule has 0 unspecified atom stereocenters. The number of aliphatic hydroxyl groups excluding tert-OH is 1. The van der Waals surface area contributed by atoms with Gasteiger partial charge in [-0.1, -0.05) is 41.6 Å². The molecule has 35 heavy (non-hydrogen) atoms. The molecule has 3 aromatic rings. The fourth-order valence-corrected chi connectivity index (χ4v) is 5.44. The van der Waals surface area contributed by atoms with Gasteiger partial charge in [-0.25, -0.2) is 0 Å². The summed E-state index contributed by atoms with van der Waals surface area (Å²) in [6, 6.07) is 15.0. The first-order valence-corrected chi connectivity index (χ1v) is 12.5. The van der Waals surface area contributed by atoms with Crippen LogP contribution in [-0.4, -0.2) is 60.4 Å². The molecule has 1 N–H and O–H groups in total. The van der Waals surface area contributed by atoms with Crippen molar-refractivity contribution in [3.8, 4) is 11.1 Å². The molecule has 2 heterocycles. The number of fused-ring (bicyclic) bond motifs is 1. The predicted octanol–water partition coefficient (Wildman–Crippen LogP) is 5.82. The van der Waals surface area contributed by atoms with Gasteiger partial charge in [0.2, 0.25) is 0 Å². The molecule has 1 saturated carbocycles. The number of benzene rings is 2. The first-order chi connectivity index (χ1) is 16.1. The molecule has 5 nitrogen and oxygen atoms in total. The van der Waals surface area contributed by atoms with Crippen LogP contribution >= 0.6 is 24.8 Å². The molecule has 7 heteroatoms. The lowest BCUT2D eigenvalue weighted by molar-refractivity contribution is 0.115. The van der Waals surface area contributed by atoms with Crippen LogP contribution in [-0.2, 0) is 13.0 Å². The van der Waals surface area contributed by atoms with Crippen molar-refractivity contribution in [2.75, 3.05) is 40.3 Å². The van der Waals surface area contributed by atoms with E-state index in [0.717, 1.165) is 36.7 Å². The number of piperidine rings is 1. The van der Waals surface area contributed by atoms with E-state index in [1.807, 2.05) is 0 Å². The molecule has 0 atom stereocenters. The van der Waals surface area contributed by atoms with E-state index in [1.165, 1.54) is 67.3 Å². The highest BCUT2D eigenvalue weighted by Gasteiger charge is 2.43. The molecule has 2 aliphatic rings. The molecule has 2 fully saturated rings. The minimum atomic E-state index is 0. The van der Waals surface area contributed by atoms with Gasteiger partial charge in [0.1, 0.15) is 0 Å². The van der Waals surface area contributed by atoms with E-state index in [0.29, 0.717) is 6.61 Å². The van der Waals surface area contributed by atoms with Crippen molar-refractivity contribution in [3.63, 3.8) is 0 Å². The van der Waals surface area contributed by atoms with Gasteiger partial charge in [-0.2, -0.15) is 0 Å². The van der Waals surface area contributed by atoms with Gasteiger partial charge in [0.15, 0.2) is 5.58 Å². The smallest absolute Gasteiger partial charge is 0.172 e. The Kier molecular flexibility index (Phi) is 9.64. The van der Waals surface area contributed by atoms with Crippen molar-refractivity contribution in [1.82, 2.24) is 15.0 Å². The van der Waals surface area contributed by atoms with Crippen molar-refractivity contribution in [3.05, 3.63) is 53.7 Å². The summed E-state index contributed by atoms with van der Waals surface area (Å²) in [6.07, 6.45) is 7.05. The molecular formula is C28H39Cl2N3O2. The predicted molar refractivity (Wildman–Crippen MR) is 148 cm³/mol. The maximum Gasteiger partial charge on any atom is 0.172 e. The number of hydrogen-bond acceptors (Lipinski definition) is 5. The fourth-order valence-electron chi connectivity index (χ4n) is 5.44. The van der Waals surface area contributed by atoms with E-state index in [1.54, 1.807) is 0 Å². The lowest BCUT2D eigenvalue weighted by atomic mass is 9.90. The number of hydrogen-bond donors (Lipinski definition) is 1. The summed E-state index contributed by atoms with van der Waals surface area (Å²) in [4.78, 5) is 4.77. The Morgan fingerprint density at radius 2 is 1.77 bits per heavy atom. The Morgan fingerprint density at radius 3 is 2.40 bits per heavy atom. The van der Waals surface area contributed by atoms with Crippen LogP contribution < -0.4 is 0 Å². The monoisotopic (exact) mass is 519 g/mol. The lowest BCUT2D eigenvalue weighted by Crippen LogP contribution is -2.38. The normalized spacial score (nSPS) is 17.8. The van der Waals surface area contributed by atoms with Gasteiger partial charge < -0.3 is 19.4 Å². The SMILES string of the molecule is CN(C)Cc1c(-c2ccccc2)ccc2c(CCC3CCN(CC4(CO)CC4)CC3)noc12.Cl.Cl. The summed E-state index contributed by atoms with van der Waals surface area (Å²) in [7, 11) is 4.20. The summed E-state index contributed by atoms with van der Waals surface area (Å²) in [5, 5.41) is 15.3. The van der Waals surface area contributed by atoms with E-state index in [9.17, 15) is 5.11 Å². The Morgan fingerprint density at radius 1 is 1.06 bits per heavy atom. The van der Waals surface area contributed by atoms with Crippen LogP contribution in [0, 0.1) is 11.3 Å². The van der Waals surface area contributed by atoms with Crippen LogP contribution in [0.2, 0.25) is 0 Å². The fraction of sp³-hybridized carbons (Fsp3) is 0.536. The number of rotatable bonds is 9. The van der Waals surface area contributed by atoms with E-state index in [-0.39, 0.29) is 30.2 Å². The van der Waals surface area contributed by atoms with Crippen molar-refractivity contribution < 1.29 is 9.63 Å². The van der Waals surface area contributed by atoms with Crippen LogP contribution in [0.4, 0.5) is 0 Å². The molecule has 0 amide bonds. The second kappa shape index (κ2) is 12.1. The minimum Gasteiger partial charge on any atom is -0.396 e. The zero-order valence-corrected chi connectivity index (χ0v) is 22.5. The largest absolute Gasteiger partial charge is 0.396 e. The number of halogens is 2. The molecule has 5 rings (SSSR count). The quantitative estimate of drug-likeness (QED) is 0.386. The maximum absolute atomic E-state index is 9.62. The van der Waals surface area contributed by atoms with Gasteiger partial charge in [-0.3, -0.25) is 0 Å². The molecular weight excluding hydrogens is 481 g/mol. The van der Waals surface area contributed by atoms with Crippen LogP contribution in [0.15, 0.2) is 47.0 Å². The van der Waals surface area contributed by atoms with E-state index < -0.39 is 0 Å². The third-order valence-corrected chi connectivity index (χ3v) is 7.73. The van der Waals surface area contributed by atoms with Gasteiger partial charge in [0.25, 0.3) is 0 Å². The summed E-state index contributed by atoms with van der Waals surface area (Å²) >= 11 is 0. The standard InChI is InChI=1S/C28H37N3O2.2ClH/c1-30(2)18-25-23(22-6-4-3-5-7-22)9-10-24-26(29-33-27(24)25)11-8-21-12-16-31(17-13-21)19-28(20-32)14-15-28;;/h3-7,9-10,21,32H,8,11-20H2,1-2H3;2*1H. The minimum absolute atomic E-state index is 0. The number of aromatic nitrogens is 1. The molecule has 1 saturated heterocycles. The average molecular weight is 521 g/mol. The Balaban J connectivity index is 0.00000171. The van der Waals surface area contributed by atoms with Crippen LogP contribution in [0.3, 0.4) is 0 Å². The molecule has 1 aromatic heterocycles. The van der Waals surface area contributed by atoms with E-state index in [4.69, 9.17) is 4.52 Å². The van der Waals surface area contributed by atoms with Gasteiger partial charge in [-0.05, 0) is 88.8 Å². The third kappa shape index (κ3) is 6.39. The van der Waals surface area contributed by atoms with Crippen molar-refractivity contribution in [2.45, 2.75) is 45.1 Å². The summed E-state index contributed by atoms with van der Waals surface area (Å²) < 4.78 is 5.97. The highest BCUT2D eigenvalue weighted by Crippen LogP contribution is 2.46. The average Bonchev–Trinajstić information content (AvgIpc) is 3.48. The van der Waals surface area contributed by atoms with E-state index >= 15 is 0 Å². The Hall–Kier alpha value is -1.63. The topological polar surface area (TPSA) is 52.7 Å². The van der Waals surface area contributed by atoms with Gasteiger partial charge in [0.05, 0.1) is 5.69 Å². The van der Waals surface area contributed by atoms with Crippen LogP contribution in [0.5, 0.6) is 0 Å². The zero-order valence-electron chi connectivity index (χ0n) is 20.9. The second-order valence-corrected chi connectivity index (χ2v) is 10.6. The number of likely N-dealkylation sites (tertiary alicyclic amines) is 1. The zero-order chi connectivity index (χ0) is 22.8. The van der Waals surface area contributed by atoms with Gasteiger partial charge in [-0.15, -0.1) is 24.8 Å². The van der Waals surface area contributed by atoms with Gasteiger partial charge >= 0.3 is 0 Å². The molecule has 1 aliphatic heterocycles. The third-order valence-electron chi connectivity index (χ3n) is 7.73. The summed E-state index contributed by atoms with van der Waals surface area (Å²) in [6.45, 7) is 4.60. The molecule has 1 aliphatic carbocycles. The second-order valence-electron chi connectivity index (χ2n) is 10.6. The van der Waals surface area contributed by atoms with Crippen molar-refractivity contribution >= 4 is 35.8 Å². The Labute approximate surface area is 221 Å². The summed E-state index contributed by atoms with van der Waals surface area (Å²) in [5.41, 5.74) is 5.93. The first-order valence-electron chi connectivity index (χ1n) is 12.5. The van der Waals surface area contributed by atoms with Gasteiger partial charge in [0, 0.05) is 36.1 Å². The molecule has 2 aromatic carbocycles. The Bertz CT molecular complexity index is 1070. The highest BCUT2D eigenvalue weighted by molar-refractivity contribution is 5.89. The lowest BCUT2D eigenvalue weighted by Gasteiger charge is -2.34. The molecule has 0 bridgehead atoms. The number of aliphatic hydroxyl groups is 1. The molecule has 0 radical (unpaired) electrons. The highest BCUT2D eigenvalue weighted by atomic mass is 35.5. The summed E-state index contributed by atoms with van der Waals surface area (Å²) in [5.74, 6) is 0.752. The molecule has 0 spiro atoms. The van der Waals surface area contributed by atoms with Crippen molar-refractivity contribution in [1.29, 1.82) is 0 Å². The molecule has 192 valence electrons. The van der Waals surface area contributed by atoms with Crippen LogP contribution in [0.1, 0.15) is 43.4 Å². The number of nitrogens with zero attached hydrogens (tertiary/aromatic N) is 3. The number of aryl methyl sites for hydroxylation is 1. The van der Waals surface area contributed by atoms with E-state index in [2.05, 4.69) is 71.5 Å². The first kappa shape index (κ1) is 27.9. The van der Waals surface area contributed by atoms with Crippen molar-refractivity contribution in [2.24, 2.45) is 11.3 Å². The maximum atomic E-state index is 9.62.